The molecule has 0 bridgehead atoms. The first-order valence-corrected chi connectivity index (χ1v) is 8.63. The summed E-state index contributed by atoms with van der Waals surface area (Å²) in [5.74, 6) is -1.02. The van der Waals surface area contributed by atoms with Crippen LogP contribution in [-0.2, 0) is 11.3 Å². The fraction of sp³-hybridized carbons (Fsp3) is 0.0588. The van der Waals surface area contributed by atoms with Gasteiger partial charge in [0.2, 0.25) is 0 Å². The topological polar surface area (TPSA) is 77.8 Å². The number of benzene rings is 2. The van der Waals surface area contributed by atoms with E-state index in [0.29, 0.717) is 21.2 Å². The Morgan fingerprint density at radius 3 is 2.48 bits per heavy atom. The van der Waals surface area contributed by atoms with Crippen LogP contribution >= 0.6 is 35.0 Å². The summed E-state index contributed by atoms with van der Waals surface area (Å²) in [4.78, 5) is 26.0. The number of rotatable bonds is 3. The van der Waals surface area contributed by atoms with Crippen LogP contribution in [0.2, 0.25) is 10.0 Å². The summed E-state index contributed by atoms with van der Waals surface area (Å²) < 4.78 is 0. The van der Waals surface area contributed by atoms with Crippen LogP contribution in [0.3, 0.4) is 0 Å². The summed E-state index contributed by atoms with van der Waals surface area (Å²) in [5, 5.41) is 19.3. The van der Waals surface area contributed by atoms with E-state index in [1.54, 1.807) is 18.2 Å². The normalized spacial score (nSPS) is 16.1. The third-order valence-corrected chi connectivity index (χ3v) is 5.01. The summed E-state index contributed by atoms with van der Waals surface area (Å²) >= 11 is 12.7. The Morgan fingerprint density at radius 2 is 1.80 bits per heavy atom. The molecule has 2 aromatic carbocycles. The molecule has 0 aromatic heterocycles. The highest BCUT2D eigenvalue weighted by molar-refractivity contribution is 8.18. The lowest BCUT2D eigenvalue weighted by atomic mass is 10.1. The number of carbonyl (C=O) groups excluding carboxylic acids is 2. The van der Waals surface area contributed by atoms with Crippen molar-refractivity contribution >= 4 is 52.2 Å². The highest BCUT2D eigenvalue weighted by Crippen LogP contribution is 2.35. The van der Waals surface area contributed by atoms with Gasteiger partial charge in [-0.05, 0) is 53.2 Å². The number of amides is 2. The number of phenols is 2. The van der Waals surface area contributed by atoms with Gasteiger partial charge in [-0.1, -0.05) is 35.3 Å². The number of carbonyl (C=O) groups is 2. The Bertz CT molecular complexity index is 914. The SMILES string of the molecule is O=C1S/C(=C/c2ccc(O)c(O)c2)C(=O)N1Cc1ccc(Cl)cc1Cl. The predicted octanol–water partition coefficient (Wildman–Crippen LogP) is 4.64. The highest BCUT2D eigenvalue weighted by atomic mass is 35.5. The van der Waals surface area contributed by atoms with E-state index in [2.05, 4.69) is 0 Å². The molecule has 0 unspecified atom stereocenters. The predicted molar refractivity (Wildman–Crippen MR) is 97.7 cm³/mol. The van der Waals surface area contributed by atoms with Gasteiger partial charge in [-0.25, -0.2) is 0 Å². The Kier molecular flexibility index (Phi) is 4.94. The van der Waals surface area contributed by atoms with Crippen molar-refractivity contribution in [3.05, 3.63) is 62.5 Å². The third-order valence-electron chi connectivity index (χ3n) is 3.51. The van der Waals surface area contributed by atoms with Crippen molar-refractivity contribution in [3.8, 4) is 11.5 Å². The quantitative estimate of drug-likeness (QED) is 0.584. The molecule has 25 heavy (non-hydrogen) atoms. The standard InChI is InChI=1S/C17H11Cl2NO4S/c18-11-3-2-10(12(19)7-11)8-20-16(23)15(25-17(20)24)6-9-1-4-13(21)14(22)5-9/h1-7,21-22H,8H2/b15-6+. The number of phenolic OH excluding ortho intramolecular Hbond substituents is 2. The smallest absolute Gasteiger partial charge is 0.293 e. The van der Waals surface area contributed by atoms with Crippen LogP contribution in [0.4, 0.5) is 4.79 Å². The third kappa shape index (κ3) is 3.76. The summed E-state index contributed by atoms with van der Waals surface area (Å²) in [6, 6.07) is 8.98. The van der Waals surface area contributed by atoms with Crippen molar-refractivity contribution in [2.45, 2.75) is 6.54 Å². The zero-order chi connectivity index (χ0) is 18.1. The van der Waals surface area contributed by atoms with Crippen LogP contribution in [0, 0.1) is 0 Å². The minimum atomic E-state index is -0.450. The second-order valence-corrected chi connectivity index (χ2v) is 7.09. The lowest BCUT2D eigenvalue weighted by Crippen LogP contribution is -2.27. The molecule has 1 aliphatic heterocycles. The van der Waals surface area contributed by atoms with Crippen molar-refractivity contribution in [1.82, 2.24) is 4.90 Å². The number of thioether (sulfide) groups is 1. The fourth-order valence-corrected chi connectivity index (χ4v) is 3.54. The molecule has 0 saturated carbocycles. The van der Waals surface area contributed by atoms with Gasteiger partial charge < -0.3 is 10.2 Å². The largest absolute Gasteiger partial charge is 0.504 e. The van der Waals surface area contributed by atoms with Crippen LogP contribution in [0.1, 0.15) is 11.1 Å². The first kappa shape index (κ1) is 17.7. The second-order valence-electron chi connectivity index (χ2n) is 5.25. The number of imide groups is 1. The van der Waals surface area contributed by atoms with Gasteiger partial charge in [0.1, 0.15) is 0 Å². The Morgan fingerprint density at radius 1 is 1.04 bits per heavy atom. The molecule has 1 fully saturated rings. The van der Waals surface area contributed by atoms with Crippen LogP contribution < -0.4 is 0 Å². The highest BCUT2D eigenvalue weighted by Gasteiger charge is 2.35. The monoisotopic (exact) mass is 395 g/mol. The van der Waals surface area contributed by atoms with Gasteiger partial charge in [-0.15, -0.1) is 0 Å². The molecule has 1 aliphatic rings. The van der Waals surface area contributed by atoms with E-state index >= 15 is 0 Å². The summed E-state index contributed by atoms with van der Waals surface area (Å²) in [5.41, 5.74) is 1.10. The molecular weight excluding hydrogens is 385 g/mol. The van der Waals surface area contributed by atoms with E-state index in [1.165, 1.54) is 24.3 Å². The molecule has 1 heterocycles. The van der Waals surface area contributed by atoms with E-state index in [4.69, 9.17) is 23.2 Å². The van der Waals surface area contributed by atoms with Gasteiger partial charge in [0.15, 0.2) is 11.5 Å². The molecule has 2 aromatic rings. The maximum absolute atomic E-state index is 12.5. The number of halogens is 2. The van der Waals surface area contributed by atoms with Gasteiger partial charge in [0.25, 0.3) is 11.1 Å². The number of nitrogens with zero attached hydrogens (tertiary/aromatic N) is 1. The maximum Gasteiger partial charge on any atom is 0.293 e. The minimum absolute atomic E-state index is 0.0405. The maximum atomic E-state index is 12.5. The molecule has 0 atom stereocenters. The molecule has 5 nitrogen and oxygen atoms in total. The van der Waals surface area contributed by atoms with Crippen molar-refractivity contribution in [2.75, 3.05) is 0 Å². The van der Waals surface area contributed by atoms with Gasteiger partial charge in [-0.2, -0.15) is 0 Å². The number of hydrogen-bond acceptors (Lipinski definition) is 5. The van der Waals surface area contributed by atoms with Crippen molar-refractivity contribution in [1.29, 1.82) is 0 Å². The summed E-state index contributed by atoms with van der Waals surface area (Å²) in [6.45, 7) is 0.0405. The molecular formula is C17H11Cl2NO4S. The molecule has 2 N–H and O–H groups in total. The van der Waals surface area contributed by atoms with Crippen molar-refractivity contribution in [2.24, 2.45) is 0 Å². The van der Waals surface area contributed by atoms with Gasteiger partial charge in [0, 0.05) is 10.0 Å². The average Bonchev–Trinajstić information content (AvgIpc) is 2.81. The van der Waals surface area contributed by atoms with Gasteiger partial charge in [0.05, 0.1) is 11.4 Å². The zero-order valence-electron chi connectivity index (χ0n) is 12.6. The summed E-state index contributed by atoms with van der Waals surface area (Å²) in [6.07, 6.45) is 1.48. The van der Waals surface area contributed by atoms with Crippen LogP contribution in [0.15, 0.2) is 41.3 Å². The average molecular weight is 396 g/mol. The molecule has 8 heteroatoms. The Balaban J connectivity index is 1.84. The lowest BCUT2D eigenvalue weighted by molar-refractivity contribution is -0.123. The first-order chi connectivity index (χ1) is 11.8. The zero-order valence-corrected chi connectivity index (χ0v) is 14.9. The van der Waals surface area contributed by atoms with Crippen molar-refractivity contribution in [3.63, 3.8) is 0 Å². The molecule has 0 aliphatic carbocycles. The second kappa shape index (κ2) is 7.00. The Hall–Kier alpha value is -2.15. The number of aromatic hydroxyl groups is 2. The molecule has 0 radical (unpaired) electrons. The van der Waals surface area contributed by atoms with Gasteiger partial charge in [-0.3, -0.25) is 14.5 Å². The van der Waals surface area contributed by atoms with E-state index in [1.807, 2.05) is 0 Å². The van der Waals surface area contributed by atoms with E-state index < -0.39 is 11.1 Å². The minimum Gasteiger partial charge on any atom is -0.504 e. The van der Waals surface area contributed by atoms with Crippen molar-refractivity contribution < 1.29 is 19.8 Å². The lowest BCUT2D eigenvalue weighted by Gasteiger charge is -2.13. The molecule has 2 amide bonds. The van der Waals surface area contributed by atoms with Crippen LogP contribution in [0.5, 0.6) is 11.5 Å². The molecule has 128 valence electrons. The summed E-state index contributed by atoms with van der Waals surface area (Å²) in [7, 11) is 0. The Labute approximate surface area is 157 Å². The van der Waals surface area contributed by atoms with E-state index in [9.17, 15) is 19.8 Å². The fourth-order valence-electron chi connectivity index (χ4n) is 2.24. The molecule has 0 spiro atoms. The number of hydrogen-bond donors (Lipinski definition) is 2. The van der Waals surface area contributed by atoms with Crippen LogP contribution in [0.25, 0.3) is 6.08 Å². The molecule has 3 rings (SSSR count). The van der Waals surface area contributed by atoms with E-state index in [-0.39, 0.29) is 22.9 Å². The molecule has 1 saturated heterocycles. The van der Waals surface area contributed by atoms with Gasteiger partial charge >= 0.3 is 0 Å². The van der Waals surface area contributed by atoms with E-state index in [0.717, 1.165) is 16.7 Å². The first-order valence-electron chi connectivity index (χ1n) is 7.06. The van der Waals surface area contributed by atoms with Crippen LogP contribution in [-0.4, -0.2) is 26.3 Å².